The third kappa shape index (κ3) is 7.20. The molecule has 3 aromatic carbocycles. The van der Waals surface area contributed by atoms with E-state index < -0.39 is 21.4 Å². The molecule has 0 saturated carbocycles. The lowest BCUT2D eigenvalue weighted by atomic mass is 9.97. The molecule has 0 spiro atoms. The summed E-state index contributed by atoms with van der Waals surface area (Å²) in [7, 11) is -1.85. The maximum absolute atomic E-state index is 14.5. The van der Waals surface area contributed by atoms with Crippen molar-refractivity contribution in [1.29, 1.82) is 0 Å². The fourth-order valence-corrected chi connectivity index (χ4v) is 5.89. The van der Waals surface area contributed by atoms with Crippen LogP contribution in [-0.4, -0.2) is 45.1 Å². The number of carboxylic acids is 1. The number of fused-ring (bicyclic) bond motifs is 3. The number of sulfone groups is 1. The minimum Gasteiger partial charge on any atom is -0.493 e. The van der Waals surface area contributed by atoms with Gasteiger partial charge in [0, 0.05) is 30.0 Å². The van der Waals surface area contributed by atoms with Gasteiger partial charge < -0.3 is 28.5 Å². The number of ether oxygens (including phenoxy) is 4. The van der Waals surface area contributed by atoms with E-state index in [-0.39, 0.29) is 51.2 Å². The third-order valence-electron chi connectivity index (χ3n) is 7.50. The van der Waals surface area contributed by atoms with Crippen molar-refractivity contribution in [3.8, 4) is 23.0 Å². The van der Waals surface area contributed by atoms with Crippen molar-refractivity contribution in [2.24, 2.45) is 0 Å². The van der Waals surface area contributed by atoms with Crippen LogP contribution in [0.2, 0.25) is 0 Å². The average Bonchev–Trinajstić information content (AvgIpc) is 2.99. The van der Waals surface area contributed by atoms with Gasteiger partial charge in [0.2, 0.25) is 5.43 Å². The fraction of sp³-hybridized carbons (Fsp3) is 0.278. The molecule has 0 radical (unpaired) electrons. The summed E-state index contributed by atoms with van der Waals surface area (Å²) in [4.78, 5) is 25.8. The second kappa shape index (κ2) is 13.0. The van der Waals surface area contributed by atoms with Crippen LogP contribution in [-0.2, 0) is 27.7 Å². The Hall–Kier alpha value is -5.03. The van der Waals surface area contributed by atoms with Crippen LogP contribution in [0.15, 0.2) is 80.4 Å². The molecule has 1 aliphatic heterocycles. The van der Waals surface area contributed by atoms with E-state index in [1.807, 2.05) is 45.9 Å². The Morgan fingerprint density at radius 2 is 1.72 bits per heavy atom. The minimum atomic E-state index is -3.35. The van der Waals surface area contributed by atoms with Gasteiger partial charge in [0.1, 0.15) is 46.9 Å². The Kier molecular flexibility index (Phi) is 9.22. The van der Waals surface area contributed by atoms with Crippen LogP contribution >= 0.6 is 0 Å². The number of carboxylic acid groups (broad SMARTS) is 1. The highest BCUT2D eigenvalue weighted by atomic mass is 32.2. The summed E-state index contributed by atoms with van der Waals surface area (Å²) in [5.74, 6) is 0.213. The lowest BCUT2D eigenvalue weighted by Crippen LogP contribution is -2.27. The molecular formula is C36H36O10S. The van der Waals surface area contributed by atoms with Crippen molar-refractivity contribution in [3.05, 3.63) is 93.2 Å². The SMILES string of the molecule is COc1c(OCc2ccc(S(C)(=O)=O)cc2)cc2oc3cc4c(c(OC/C=C/C(=O)O)c3c(=O)c2c1CC=C(C)C)C=CC(C)(C)O4. The number of benzene rings is 3. The van der Waals surface area contributed by atoms with Gasteiger partial charge in [-0.3, -0.25) is 4.79 Å². The highest BCUT2D eigenvalue weighted by Crippen LogP contribution is 2.44. The highest BCUT2D eigenvalue weighted by molar-refractivity contribution is 7.90. The lowest BCUT2D eigenvalue weighted by Gasteiger charge is -2.29. The van der Waals surface area contributed by atoms with Crippen molar-refractivity contribution < 1.29 is 41.7 Å². The predicted molar refractivity (Wildman–Crippen MR) is 180 cm³/mol. The van der Waals surface area contributed by atoms with Crippen LogP contribution in [0.4, 0.5) is 0 Å². The second-order valence-electron chi connectivity index (χ2n) is 12.0. The number of hydrogen-bond donors (Lipinski definition) is 1. The summed E-state index contributed by atoms with van der Waals surface area (Å²) in [6, 6.07) is 9.65. The largest absolute Gasteiger partial charge is 0.493 e. The summed E-state index contributed by atoms with van der Waals surface area (Å²) < 4.78 is 54.5. The topological polar surface area (TPSA) is 139 Å². The monoisotopic (exact) mass is 660 g/mol. The number of methoxy groups -OCH3 is 1. The van der Waals surface area contributed by atoms with Crippen molar-refractivity contribution in [3.63, 3.8) is 0 Å². The summed E-state index contributed by atoms with van der Waals surface area (Å²) in [6.07, 6.45) is 9.43. The van der Waals surface area contributed by atoms with Crippen LogP contribution in [0, 0.1) is 0 Å². The van der Waals surface area contributed by atoms with Gasteiger partial charge in [-0.2, -0.15) is 0 Å². The van der Waals surface area contributed by atoms with Gasteiger partial charge in [-0.05, 0) is 70.0 Å². The van der Waals surface area contributed by atoms with E-state index in [0.29, 0.717) is 34.8 Å². The number of rotatable bonds is 11. The van der Waals surface area contributed by atoms with E-state index in [1.54, 1.807) is 24.3 Å². The van der Waals surface area contributed by atoms with Crippen LogP contribution in [0.25, 0.3) is 28.0 Å². The lowest BCUT2D eigenvalue weighted by molar-refractivity contribution is -0.131. The normalized spacial score (nSPS) is 13.7. The summed E-state index contributed by atoms with van der Waals surface area (Å²) in [5, 5.41) is 9.50. The molecule has 0 bridgehead atoms. The molecule has 246 valence electrons. The van der Waals surface area contributed by atoms with Crippen molar-refractivity contribution in [1.82, 2.24) is 0 Å². The van der Waals surface area contributed by atoms with Gasteiger partial charge in [0.25, 0.3) is 0 Å². The van der Waals surface area contributed by atoms with Crippen molar-refractivity contribution >= 4 is 43.8 Å². The highest BCUT2D eigenvalue weighted by Gasteiger charge is 2.29. The minimum absolute atomic E-state index is 0.0937. The molecule has 10 nitrogen and oxygen atoms in total. The molecule has 0 amide bonds. The Labute approximate surface area is 272 Å². The second-order valence-corrected chi connectivity index (χ2v) is 14.0. The third-order valence-corrected chi connectivity index (χ3v) is 8.63. The summed E-state index contributed by atoms with van der Waals surface area (Å²) in [6.45, 7) is 7.66. The molecular weight excluding hydrogens is 624 g/mol. The number of aliphatic carboxylic acids is 1. The van der Waals surface area contributed by atoms with Crippen molar-refractivity contribution in [2.75, 3.05) is 20.0 Å². The first-order valence-electron chi connectivity index (χ1n) is 14.8. The molecule has 11 heteroatoms. The maximum atomic E-state index is 14.5. The van der Waals surface area contributed by atoms with Gasteiger partial charge in [-0.15, -0.1) is 0 Å². The Morgan fingerprint density at radius 3 is 2.36 bits per heavy atom. The molecule has 5 rings (SSSR count). The number of hydrogen-bond acceptors (Lipinski definition) is 9. The zero-order chi connectivity index (χ0) is 34.1. The molecule has 1 aliphatic rings. The van der Waals surface area contributed by atoms with Gasteiger partial charge in [-0.25, -0.2) is 13.2 Å². The van der Waals surface area contributed by atoms with Crippen LogP contribution in [0.1, 0.15) is 44.4 Å². The molecule has 1 N–H and O–H groups in total. The average molecular weight is 661 g/mol. The zero-order valence-electron chi connectivity index (χ0n) is 27.0. The molecule has 0 unspecified atom stereocenters. The molecule has 0 aliphatic carbocycles. The molecule has 1 aromatic heterocycles. The standard InChI is InChI=1S/C36H36O10S/c1-21(2)9-14-25-31-27(19-29(34(25)42-5)44-20-22-10-12-23(13-11-22)47(6,40)41)45-28-18-26-24(15-16-36(3,4)46-26)35(32(28)33(31)39)43-17-7-8-30(37)38/h7-13,15-16,18-19H,14,17,20H2,1-6H3,(H,37,38)/b8-7+. The first kappa shape index (κ1) is 33.3. The van der Waals surface area contributed by atoms with E-state index in [4.69, 9.17) is 28.5 Å². The van der Waals surface area contributed by atoms with E-state index in [2.05, 4.69) is 0 Å². The maximum Gasteiger partial charge on any atom is 0.328 e. The molecule has 47 heavy (non-hydrogen) atoms. The predicted octanol–water partition coefficient (Wildman–Crippen LogP) is 6.65. The first-order valence-corrected chi connectivity index (χ1v) is 16.7. The van der Waals surface area contributed by atoms with Crippen LogP contribution in [0.5, 0.6) is 23.0 Å². The van der Waals surface area contributed by atoms with E-state index in [0.717, 1.165) is 23.5 Å². The first-order chi connectivity index (χ1) is 22.2. The summed E-state index contributed by atoms with van der Waals surface area (Å²) in [5.41, 5.74) is 2.30. The van der Waals surface area contributed by atoms with Crippen LogP contribution in [0.3, 0.4) is 0 Å². The Bertz CT molecular complexity index is 2130. The van der Waals surface area contributed by atoms with E-state index >= 15 is 0 Å². The number of allylic oxidation sites excluding steroid dienone is 2. The molecule has 2 heterocycles. The molecule has 4 aromatic rings. The zero-order valence-corrected chi connectivity index (χ0v) is 27.8. The van der Waals surface area contributed by atoms with Crippen molar-refractivity contribution in [2.45, 2.75) is 51.2 Å². The van der Waals surface area contributed by atoms with Gasteiger partial charge >= 0.3 is 5.97 Å². The fourth-order valence-electron chi connectivity index (χ4n) is 5.26. The van der Waals surface area contributed by atoms with Gasteiger partial charge in [-0.1, -0.05) is 23.8 Å². The Balaban J connectivity index is 1.72. The van der Waals surface area contributed by atoms with Crippen LogP contribution < -0.4 is 24.4 Å². The molecule has 0 atom stereocenters. The van der Waals surface area contributed by atoms with Gasteiger partial charge in [0.05, 0.1) is 23.0 Å². The molecule has 0 fully saturated rings. The molecule has 0 saturated heterocycles. The van der Waals surface area contributed by atoms with E-state index in [1.165, 1.54) is 25.3 Å². The smallest absolute Gasteiger partial charge is 0.328 e. The van der Waals surface area contributed by atoms with E-state index in [9.17, 15) is 18.0 Å². The number of carbonyl (C=O) groups is 1. The quantitative estimate of drug-likeness (QED) is 0.106. The van der Waals surface area contributed by atoms with Gasteiger partial charge in [0.15, 0.2) is 21.3 Å². The summed E-state index contributed by atoms with van der Waals surface area (Å²) >= 11 is 0. The Morgan fingerprint density at radius 1 is 1.02 bits per heavy atom.